The van der Waals surface area contributed by atoms with Crippen LogP contribution in [0.1, 0.15) is 5.82 Å². The minimum absolute atomic E-state index is 0.120. The zero-order valence-corrected chi connectivity index (χ0v) is 16.3. The quantitative estimate of drug-likeness (QED) is 0.523. The third-order valence-corrected chi connectivity index (χ3v) is 5.41. The van der Waals surface area contributed by atoms with E-state index < -0.39 is 38.4 Å². The fraction of sp³-hybridized carbons (Fsp3) is 0.118. The normalized spacial score (nSPS) is 12.4. The molecule has 3 aromatic rings. The highest BCUT2D eigenvalue weighted by molar-refractivity contribution is 9.10. The van der Waals surface area contributed by atoms with Crippen LogP contribution in [-0.4, -0.2) is 24.6 Å². The Morgan fingerprint density at radius 3 is 2.00 bits per heavy atom. The van der Waals surface area contributed by atoms with Crippen molar-refractivity contribution in [2.75, 3.05) is 6.26 Å². The third kappa shape index (κ3) is 3.95. The van der Waals surface area contributed by atoms with Crippen molar-refractivity contribution >= 4 is 25.8 Å². The summed E-state index contributed by atoms with van der Waals surface area (Å²) in [6.45, 7) is 0. The van der Waals surface area contributed by atoms with Crippen molar-refractivity contribution in [2.24, 2.45) is 0 Å². The molecule has 2 aromatic carbocycles. The molecule has 0 saturated heterocycles. The predicted octanol–water partition coefficient (Wildman–Crippen LogP) is 5.21. The minimum Gasteiger partial charge on any atom is -0.334 e. The topological polar surface area (TPSA) is 62.8 Å². The molecular weight excluding hydrogens is 471 g/mol. The van der Waals surface area contributed by atoms with Crippen LogP contribution in [0.2, 0.25) is 0 Å². The molecule has 3 rings (SSSR count). The van der Waals surface area contributed by atoms with Crippen LogP contribution in [0.15, 0.2) is 45.8 Å². The summed E-state index contributed by atoms with van der Waals surface area (Å²) in [6, 6.07) is 7.39. The number of imidazole rings is 1. The summed E-state index contributed by atoms with van der Waals surface area (Å²) in [5.41, 5.74) is -0.542. The van der Waals surface area contributed by atoms with Gasteiger partial charge in [0.15, 0.2) is 9.84 Å². The number of nitrogens with one attached hydrogen (secondary N) is 1. The average Bonchev–Trinajstić information content (AvgIpc) is 2.99. The first-order valence-corrected chi connectivity index (χ1v) is 10.2. The number of aromatic nitrogens is 2. The van der Waals surface area contributed by atoms with Crippen LogP contribution in [-0.2, 0) is 16.0 Å². The number of alkyl halides is 3. The highest BCUT2D eigenvalue weighted by Crippen LogP contribution is 2.37. The van der Waals surface area contributed by atoms with E-state index in [1.165, 1.54) is 12.1 Å². The maximum atomic E-state index is 14.2. The van der Waals surface area contributed by atoms with E-state index in [-0.39, 0.29) is 22.5 Å². The Morgan fingerprint density at radius 1 is 1.00 bits per heavy atom. The molecule has 0 atom stereocenters. The van der Waals surface area contributed by atoms with Crippen LogP contribution >= 0.6 is 15.9 Å². The van der Waals surface area contributed by atoms with E-state index in [9.17, 15) is 30.4 Å². The van der Waals surface area contributed by atoms with Crippen LogP contribution in [0.3, 0.4) is 0 Å². The predicted molar refractivity (Wildman–Crippen MR) is 95.2 cm³/mol. The van der Waals surface area contributed by atoms with Crippen molar-refractivity contribution in [3.8, 4) is 22.5 Å². The molecule has 0 aliphatic rings. The van der Waals surface area contributed by atoms with E-state index >= 15 is 0 Å². The van der Waals surface area contributed by atoms with E-state index in [1.807, 2.05) is 0 Å². The summed E-state index contributed by atoms with van der Waals surface area (Å²) in [7, 11) is -4.21. The van der Waals surface area contributed by atoms with Gasteiger partial charge in [0.25, 0.3) is 0 Å². The molecule has 1 heterocycles. The Hall–Kier alpha value is -2.27. The number of hydrogen-bond acceptors (Lipinski definition) is 3. The van der Waals surface area contributed by atoms with Gasteiger partial charge in [0.05, 0.1) is 11.4 Å². The largest absolute Gasteiger partial charge is 0.449 e. The van der Waals surface area contributed by atoms with Gasteiger partial charge in [-0.15, -0.1) is 0 Å². The van der Waals surface area contributed by atoms with E-state index in [0.29, 0.717) is 22.9 Å². The SMILES string of the molecule is CS(=O)(=O)c1c(F)cc(-c2nc(C(F)(F)F)[nH]c2-c2ccc(Br)cc2)cc1F. The van der Waals surface area contributed by atoms with Gasteiger partial charge in [0.2, 0.25) is 5.82 Å². The molecule has 11 heteroatoms. The molecule has 0 saturated carbocycles. The monoisotopic (exact) mass is 480 g/mol. The molecule has 0 aliphatic carbocycles. The maximum Gasteiger partial charge on any atom is 0.449 e. The van der Waals surface area contributed by atoms with Gasteiger partial charge < -0.3 is 4.98 Å². The fourth-order valence-corrected chi connectivity index (χ4v) is 3.68. The Kier molecular flexibility index (Phi) is 5.09. The van der Waals surface area contributed by atoms with Gasteiger partial charge >= 0.3 is 6.18 Å². The number of hydrogen-bond donors (Lipinski definition) is 1. The van der Waals surface area contributed by atoms with Crippen molar-refractivity contribution < 1.29 is 30.4 Å². The van der Waals surface area contributed by atoms with Crippen molar-refractivity contribution in [1.82, 2.24) is 9.97 Å². The number of aromatic amines is 1. The Balaban J connectivity index is 2.27. The number of nitrogens with zero attached hydrogens (tertiary/aromatic N) is 1. The first-order chi connectivity index (χ1) is 12.9. The van der Waals surface area contributed by atoms with Gasteiger partial charge in [-0.1, -0.05) is 28.1 Å². The fourth-order valence-electron chi connectivity index (χ4n) is 2.59. The second-order valence-electron chi connectivity index (χ2n) is 5.85. The first-order valence-electron chi connectivity index (χ1n) is 7.50. The number of H-pyrrole nitrogens is 1. The lowest BCUT2D eigenvalue weighted by Gasteiger charge is -2.07. The molecule has 148 valence electrons. The summed E-state index contributed by atoms with van der Waals surface area (Å²) in [5.74, 6) is -4.19. The molecule has 0 unspecified atom stereocenters. The lowest BCUT2D eigenvalue weighted by molar-refractivity contribution is -0.144. The summed E-state index contributed by atoms with van der Waals surface area (Å²) in [6.07, 6.45) is -4.20. The zero-order valence-electron chi connectivity index (χ0n) is 13.9. The Morgan fingerprint density at radius 2 is 1.54 bits per heavy atom. The smallest absolute Gasteiger partial charge is 0.334 e. The van der Waals surface area contributed by atoms with Crippen LogP contribution in [0.25, 0.3) is 22.5 Å². The van der Waals surface area contributed by atoms with Gasteiger partial charge in [0.1, 0.15) is 16.5 Å². The number of sulfone groups is 1. The van der Waals surface area contributed by atoms with Gasteiger partial charge in [-0.2, -0.15) is 13.2 Å². The second-order valence-corrected chi connectivity index (χ2v) is 8.72. The van der Waals surface area contributed by atoms with Crippen molar-refractivity contribution in [2.45, 2.75) is 11.1 Å². The highest BCUT2D eigenvalue weighted by Gasteiger charge is 2.36. The van der Waals surface area contributed by atoms with Gasteiger partial charge in [-0.05, 0) is 24.3 Å². The Bertz CT molecular complexity index is 1130. The number of rotatable bonds is 3. The van der Waals surface area contributed by atoms with Crippen molar-refractivity contribution in [3.63, 3.8) is 0 Å². The van der Waals surface area contributed by atoms with Crippen LogP contribution in [0.4, 0.5) is 22.0 Å². The lowest BCUT2D eigenvalue weighted by atomic mass is 10.0. The standard InChI is InChI=1S/C17H10BrF5N2O2S/c1-28(26,27)15-11(19)6-9(7-12(15)20)14-13(8-2-4-10(18)5-3-8)24-16(25-14)17(21,22)23/h2-7H,1H3,(H,24,25). The molecule has 0 spiro atoms. The van der Waals surface area contributed by atoms with Gasteiger partial charge in [-0.25, -0.2) is 22.2 Å². The zero-order chi connectivity index (χ0) is 20.9. The number of halogens is 6. The molecule has 0 radical (unpaired) electrons. The molecule has 1 N–H and O–H groups in total. The van der Waals surface area contributed by atoms with Crippen LogP contribution in [0, 0.1) is 11.6 Å². The summed E-state index contributed by atoms with van der Waals surface area (Å²) in [5, 5.41) is 0. The second kappa shape index (κ2) is 6.96. The van der Waals surface area contributed by atoms with Crippen molar-refractivity contribution in [1.29, 1.82) is 0 Å². The molecule has 0 aliphatic heterocycles. The Labute approximate surface area is 164 Å². The molecule has 4 nitrogen and oxygen atoms in total. The van der Waals surface area contributed by atoms with Gasteiger partial charge in [-0.3, -0.25) is 0 Å². The van der Waals surface area contributed by atoms with E-state index in [4.69, 9.17) is 0 Å². The van der Waals surface area contributed by atoms with Crippen molar-refractivity contribution in [3.05, 3.63) is 58.3 Å². The van der Waals surface area contributed by atoms with Crippen LogP contribution < -0.4 is 0 Å². The molecule has 28 heavy (non-hydrogen) atoms. The average molecular weight is 481 g/mol. The maximum absolute atomic E-state index is 14.2. The highest BCUT2D eigenvalue weighted by atomic mass is 79.9. The molecular formula is C17H10BrF5N2O2S. The summed E-state index contributed by atoms with van der Waals surface area (Å²) >= 11 is 3.20. The first kappa shape index (κ1) is 20.5. The third-order valence-electron chi connectivity index (χ3n) is 3.75. The minimum atomic E-state index is -4.83. The molecule has 1 aromatic heterocycles. The summed E-state index contributed by atoms with van der Waals surface area (Å²) < 4.78 is 91.6. The van der Waals surface area contributed by atoms with E-state index in [0.717, 1.165) is 0 Å². The molecule has 0 bridgehead atoms. The lowest BCUT2D eigenvalue weighted by Crippen LogP contribution is -2.07. The molecule has 0 amide bonds. The summed E-state index contributed by atoms with van der Waals surface area (Å²) in [4.78, 5) is 4.42. The van der Waals surface area contributed by atoms with E-state index in [1.54, 1.807) is 12.1 Å². The van der Waals surface area contributed by atoms with Gasteiger partial charge in [0, 0.05) is 21.9 Å². The van der Waals surface area contributed by atoms with E-state index in [2.05, 4.69) is 25.9 Å². The van der Waals surface area contributed by atoms with Crippen LogP contribution in [0.5, 0.6) is 0 Å². The number of benzene rings is 2. The molecule has 0 fully saturated rings.